The number of aromatic nitrogens is 4. The van der Waals surface area contributed by atoms with Crippen LogP contribution in [0.1, 0.15) is 18.8 Å². The van der Waals surface area contributed by atoms with Crippen molar-refractivity contribution in [3.05, 3.63) is 35.1 Å². The molecule has 0 bridgehead atoms. The van der Waals surface area contributed by atoms with Gasteiger partial charge in [0.05, 0.1) is 16.8 Å². The van der Waals surface area contributed by atoms with Crippen molar-refractivity contribution in [2.24, 2.45) is 5.73 Å². The molecule has 15 heavy (non-hydrogen) atoms. The second-order valence-electron chi connectivity index (χ2n) is 3.19. The Morgan fingerprint density at radius 1 is 1.40 bits per heavy atom. The van der Waals surface area contributed by atoms with Crippen LogP contribution in [-0.4, -0.2) is 20.2 Å². The lowest BCUT2D eigenvalue weighted by molar-refractivity contribution is 0.688. The summed E-state index contributed by atoms with van der Waals surface area (Å²) in [5.74, 6) is 0.586. The molecule has 0 aliphatic heterocycles. The molecule has 0 aliphatic rings. The van der Waals surface area contributed by atoms with Crippen LogP contribution in [0, 0.1) is 0 Å². The van der Waals surface area contributed by atoms with Crippen molar-refractivity contribution in [2.75, 3.05) is 0 Å². The first-order chi connectivity index (χ1) is 7.20. The summed E-state index contributed by atoms with van der Waals surface area (Å²) in [5, 5.41) is 11.9. The molecule has 0 fully saturated rings. The topological polar surface area (TPSA) is 69.6 Å². The number of nitrogens with two attached hydrogens (primary N) is 1. The zero-order chi connectivity index (χ0) is 10.8. The van der Waals surface area contributed by atoms with Gasteiger partial charge in [-0.1, -0.05) is 23.7 Å². The molecule has 1 aromatic carbocycles. The molecule has 1 heterocycles. The van der Waals surface area contributed by atoms with E-state index in [4.69, 9.17) is 17.3 Å². The maximum Gasteiger partial charge on any atom is 0.173 e. The quantitative estimate of drug-likeness (QED) is 0.834. The van der Waals surface area contributed by atoms with E-state index in [9.17, 15) is 0 Å². The van der Waals surface area contributed by atoms with E-state index in [1.807, 2.05) is 25.1 Å². The summed E-state index contributed by atoms with van der Waals surface area (Å²) in [6, 6.07) is 7.10. The van der Waals surface area contributed by atoms with Gasteiger partial charge in [0.1, 0.15) is 0 Å². The van der Waals surface area contributed by atoms with Gasteiger partial charge in [0.25, 0.3) is 0 Å². The van der Waals surface area contributed by atoms with Crippen molar-refractivity contribution >= 4 is 11.6 Å². The molecule has 6 heteroatoms. The Hall–Kier alpha value is -1.46. The van der Waals surface area contributed by atoms with Crippen LogP contribution in [0.4, 0.5) is 0 Å². The normalized spacial score (nSPS) is 12.7. The maximum atomic E-state index is 6.04. The van der Waals surface area contributed by atoms with Crippen molar-refractivity contribution in [1.29, 1.82) is 0 Å². The molecule has 78 valence electrons. The fraction of sp³-hybridized carbons (Fsp3) is 0.222. The monoisotopic (exact) mass is 223 g/mol. The average molecular weight is 224 g/mol. The molecule has 2 rings (SSSR count). The van der Waals surface area contributed by atoms with Crippen LogP contribution in [0.5, 0.6) is 0 Å². The molecule has 5 nitrogen and oxygen atoms in total. The van der Waals surface area contributed by atoms with Gasteiger partial charge in [-0.05, 0) is 29.5 Å². The second-order valence-corrected chi connectivity index (χ2v) is 3.60. The van der Waals surface area contributed by atoms with Gasteiger partial charge in [0, 0.05) is 0 Å². The van der Waals surface area contributed by atoms with Crippen molar-refractivity contribution in [3.63, 3.8) is 0 Å². The Balaban J connectivity index is 2.55. The Morgan fingerprint density at radius 2 is 2.13 bits per heavy atom. The summed E-state index contributed by atoms with van der Waals surface area (Å²) in [5.41, 5.74) is 6.47. The first-order valence-electron chi connectivity index (χ1n) is 4.49. The van der Waals surface area contributed by atoms with Crippen LogP contribution in [0.25, 0.3) is 5.69 Å². The molecular formula is C9H10ClN5. The lowest BCUT2D eigenvalue weighted by Crippen LogP contribution is -2.13. The minimum atomic E-state index is -0.240. The first kappa shape index (κ1) is 10.1. The van der Waals surface area contributed by atoms with E-state index in [2.05, 4.69) is 15.5 Å². The van der Waals surface area contributed by atoms with Crippen LogP contribution in [0.3, 0.4) is 0 Å². The third-order valence-corrected chi connectivity index (χ3v) is 2.30. The highest BCUT2D eigenvalue weighted by Gasteiger charge is 2.13. The van der Waals surface area contributed by atoms with E-state index in [1.54, 1.807) is 10.7 Å². The maximum absolute atomic E-state index is 6.04. The summed E-state index contributed by atoms with van der Waals surface area (Å²) in [7, 11) is 0. The molecule has 1 atom stereocenters. The summed E-state index contributed by atoms with van der Waals surface area (Å²) in [6.07, 6.45) is 0. The molecule has 0 amide bonds. The zero-order valence-electron chi connectivity index (χ0n) is 8.13. The standard InChI is InChI=1S/C9H10ClN5/c1-6(11)9-12-13-14-15(9)8-5-3-2-4-7(8)10/h2-6H,11H2,1H3. The molecule has 2 aromatic rings. The van der Waals surface area contributed by atoms with E-state index in [0.717, 1.165) is 5.69 Å². The van der Waals surface area contributed by atoms with Crippen LogP contribution >= 0.6 is 11.6 Å². The SMILES string of the molecule is CC(N)c1nnnn1-c1ccccc1Cl. The van der Waals surface area contributed by atoms with Crippen molar-refractivity contribution < 1.29 is 0 Å². The molecule has 0 aliphatic carbocycles. The number of nitrogens with zero attached hydrogens (tertiary/aromatic N) is 4. The third-order valence-electron chi connectivity index (χ3n) is 1.98. The van der Waals surface area contributed by atoms with Gasteiger partial charge >= 0.3 is 0 Å². The molecule has 2 N–H and O–H groups in total. The minimum absolute atomic E-state index is 0.240. The van der Waals surface area contributed by atoms with E-state index >= 15 is 0 Å². The Bertz CT molecular complexity index is 465. The second kappa shape index (κ2) is 3.96. The summed E-state index contributed by atoms with van der Waals surface area (Å²) < 4.78 is 1.55. The fourth-order valence-corrected chi connectivity index (χ4v) is 1.49. The van der Waals surface area contributed by atoms with E-state index in [1.165, 1.54) is 0 Å². The number of para-hydroxylation sites is 1. The van der Waals surface area contributed by atoms with E-state index in [0.29, 0.717) is 10.8 Å². The van der Waals surface area contributed by atoms with Gasteiger partial charge < -0.3 is 5.73 Å². The van der Waals surface area contributed by atoms with Crippen LogP contribution < -0.4 is 5.73 Å². The summed E-state index contributed by atoms with van der Waals surface area (Å²) >= 11 is 6.04. The predicted octanol–water partition coefficient (Wildman–Crippen LogP) is 1.34. The largest absolute Gasteiger partial charge is 0.321 e. The number of rotatable bonds is 2. The Morgan fingerprint density at radius 3 is 2.80 bits per heavy atom. The molecule has 0 saturated heterocycles. The smallest absolute Gasteiger partial charge is 0.173 e. The van der Waals surface area contributed by atoms with Crippen molar-refractivity contribution in [3.8, 4) is 5.69 Å². The lowest BCUT2D eigenvalue weighted by Gasteiger charge is -2.07. The highest BCUT2D eigenvalue weighted by atomic mass is 35.5. The van der Waals surface area contributed by atoms with Crippen LogP contribution in [0.15, 0.2) is 24.3 Å². The Kier molecular flexibility index (Phi) is 2.66. The summed E-state index contributed by atoms with van der Waals surface area (Å²) in [6.45, 7) is 1.82. The van der Waals surface area contributed by atoms with Gasteiger partial charge in [-0.15, -0.1) is 5.10 Å². The predicted molar refractivity (Wildman–Crippen MR) is 56.8 cm³/mol. The lowest BCUT2D eigenvalue weighted by atomic mass is 10.3. The van der Waals surface area contributed by atoms with Gasteiger partial charge in [0.15, 0.2) is 5.82 Å². The summed E-state index contributed by atoms with van der Waals surface area (Å²) in [4.78, 5) is 0. The van der Waals surface area contributed by atoms with Gasteiger partial charge in [-0.3, -0.25) is 0 Å². The first-order valence-corrected chi connectivity index (χ1v) is 4.86. The number of benzene rings is 1. The number of tetrazole rings is 1. The van der Waals surface area contributed by atoms with Crippen LogP contribution in [0.2, 0.25) is 5.02 Å². The number of hydrogen-bond acceptors (Lipinski definition) is 4. The van der Waals surface area contributed by atoms with Gasteiger partial charge in [-0.25, -0.2) is 0 Å². The molecule has 0 radical (unpaired) electrons. The van der Waals surface area contributed by atoms with E-state index < -0.39 is 0 Å². The van der Waals surface area contributed by atoms with Crippen molar-refractivity contribution in [2.45, 2.75) is 13.0 Å². The van der Waals surface area contributed by atoms with E-state index in [-0.39, 0.29) is 6.04 Å². The third kappa shape index (κ3) is 1.84. The highest BCUT2D eigenvalue weighted by molar-refractivity contribution is 6.32. The zero-order valence-corrected chi connectivity index (χ0v) is 8.89. The molecule has 0 saturated carbocycles. The number of halogens is 1. The Labute approximate surface area is 91.8 Å². The van der Waals surface area contributed by atoms with Crippen LogP contribution in [-0.2, 0) is 0 Å². The highest BCUT2D eigenvalue weighted by Crippen LogP contribution is 2.20. The fourth-order valence-electron chi connectivity index (χ4n) is 1.27. The molecule has 0 spiro atoms. The molecule has 1 unspecified atom stereocenters. The minimum Gasteiger partial charge on any atom is -0.321 e. The average Bonchev–Trinajstić information content (AvgIpc) is 2.67. The number of hydrogen-bond donors (Lipinski definition) is 1. The molecular weight excluding hydrogens is 214 g/mol. The van der Waals surface area contributed by atoms with Crippen molar-refractivity contribution in [1.82, 2.24) is 20.2 Å². The molecule has 1 aromatic heterocycles. The van der Waals surface area contributed by atoms with Gasteiger partial charge in [-0.2, -0.15) is 4.68 Å². The van der Waals surface area contributed by atoms with Gasteiger partial charge in [0.2, 0.25) is 0 Å².